The van der Waals surface area contributed by atoms with E-state index in [9.17, 15) is 31.5 Å². The van der Waals surface area contributed by atoms with E-state index in [4.69, 9.17) is 5.11 Å². The number of benzene rings is 1. The minimum absolute atomic E-state index is 0.00272. The van der Waals surface area contributed by atoms with Crippen molar-refractivity contribution in [1.82, 2.24) is 5.32 Å². The molecule has 24 heavy (non-hydrogen) atoms. The van der Waals surface area contributed by atoms with E-state index in [2.05, 4.69) is 5.32 Å². The number of rotatable bonds is 9. The minimum Gasteiger partial charge on any atom is -0.481 e. The first-order valence-electron chi connectivity index (χ1n) is 7.28. The predicted molar refractivity (Wildman–Crippen MR) is 73.9 cm³/mol. The number of hydrogen-bond acceptors (Lipinski definition) is 2. The van der Waals surface area contributed by atoms with Gasteiger partial charge in [-0.1, -0.05) is 19.3 Å². The number of aliphatic carboxylic acids is 1. The molecule has 0 heterocycles. The smallest absolute Gasteiger partial charge is 0.303 e. The van der Waals surface area contributed by atoms with E-state index in [1.54, 1.807) is 0 Å². The second kappa shape index (κ2) is 9.19. The van der Waals surface area contributed by atoms with E-state index in [1.807, 2.05) is 0 Å². The summed E-state index contributed by atoms with van der Waals surface area (Å²) in [5.41, 5.74) is -1.51. The van der Waals surface area contributed by atoms with Crippen molar-refractivity contribution < 1.29 is 36.6 Å². The third-order valence-electron chi connectivity index (χ3n) is 3.29. The Morgan fingerprint density at radius 2 is 1.21 bits per heavy atom. The van der Waals surface area contributed by atoms with E-state index >= 15 is 0 Å². The lowest BCUT2D eigenvalue weighted by molar-refractivity contribution is -0.137. The molecule has 0 bridgehead atoms. The topological polar surface area (TPSA) is 66.4 Å². The highest BCUT2D eigenvalue weighted by Gasteiger charge is 2.29. The van der Waals surface area contributed by atoms with Crippen LogP contribution in [0.1, 0.15) is 48.9 Å². The van der Waals surface area contributed by atoms with Crippen molar-refractivity contribution in [3.05, 3.63) is 34.6 Å². The third kappa shape index (κ3) is 5.17. The first-order valence-corrected chi connectivity index (χ1v) is 7.28. The van der Waals surface area contributed by atoms with Crippen LogP contribution in [0.5, 0.6) is 0 Å². The lowest BCUT2D eigenvalue weighted by Gasteiger charge is -2.09. The van der Waals surface area contributed by atoms with Crippen LogP contribution < -0.4 is 5.32 Å². The van der Waals surface area contributed by atoms with Gasteiger partial charge < -0.3 is 10.4 Å². The lowest BCUT2D eigenvalue weighted by Crippen LogP contribution is -2.28. The Bertz CT molecular complexity index is 593. The Kier molecular flexibility index (Phi) is 7.60. The predicted octanol–water partition coefficient (Wildman–Crippen LogP) is 3.54. The molecule has 0 aliphatic rings. The molecule has 1 aromatic carbocycles. The number of hydrogen-bond donors (Lipinski definition) is 2. The summed E-state index contributed by atoms with van der Waals surface area (Å²) < 4.78 is 65.7. The van der Waals surface area contributed by atoms with E-state index in [1.165, 1.54) is 0 Å². The van der Waals surface area contributed by atoms with Gasteiger partial charge in [-0.2, -0.15) is 0 Å². The molecule has 0 saturated carbocycles. The maximum absolute atomic E-state index is 13.4. The van der Waals surface area contributed by atoms with Crippen molar-refractivity contribution in [2.24, 2.45) is 0 Å². The van der Waals surface area contributed by atoms with Gasteiger partial charge in [-0.25, -0.2) is 22.0 Å². The van der Waals surface area contributed by atoms with E-state index in [0.29, 0.717) is 32.1 Å². The van der Waals surface area contributed by atoms with Crippen LogP contribution in [0.15, 0.2) is 0 Å². The maximum Gasteiger partial charge on any atom is 0.303 e. The normalized spacial score (nSPS) is 10.7. The molecule has 134 valence electrons. The first kappa shape index (κ1) is 19.9. The molecule has 9 heteroatoms. The van der Waals surface area contributed by atoms with Crippen molar-refractivity contribution in [2.45, 2.75) is 38.5 Å². The van der Waals surface area contributed by atoms with Crippen LogP contribution in [-0.2, 0) is 4.79 Å². The highest BCUT2D eigenvalue weighted by Crippen LogP contribution is 2.22. The Morgan fingerprint density at radius 3 is 1.75 bits per heavy atom. The minimum atomic E-state index is -2.32. The fourth-order valence-electron chi connectivity index (χ4n) is 2.03. The zero-order valence-electron chi connectivity index (χ0n) is 12.6. The lowest BCUT2D eigenvalue weighted by atomic mass is 10.1. The standard InChI is InChI=1S/C15H16F5NO3/c16-10-9(11(17)13(19)14(20)12(10)18)15(24)21-7-5-3-1-2-4-6-8(22)23/h1-7H2,(H,21,24)(H,22,23). The van der Waals surface area contributed by atoms with Crippen LogP contribution in [-0.4, -0.2) is 23.5 Å². The van der Waals surface area contributed by atoms with Crippen molar-refractivity contribution in [1.29, 1.82) is 0 Å². The molecular weight excluding hydrogens is 337 g/mol. The molecule has 1 amide bonds. The Balaban J connectivity index is 2.46. The Labute approximate surface area is 134 Å². The third-order valence-corrected chi connectivity index (χ3v) is 3.29. The summed E-state index contributed by atoms with van der Waals surface area (Å²) in [5, 5.41) is 10.5. The highest BCUT2D eigenvalue weighted by molar-refractivity contribution is 5.94. The molecule has 0 aromatic heterocycles. The molecule has 0 radical (unpaired) electrons. The second-order valence-electron chi connectivity index (χ2n) is 5.11. The summed E-state index contributed by atoms with van der Waals surface area (Å²) in [7, 11) is 0. The van der Waals surface area contributed by atoms with Crippen molar-refractivity contribution in [3.8, 4) is 0 Å². The van der Waals surface area contributed by atoms with Gasteiger partial charge in [0.05, 0.1) is 0 Å². The van der Waals surface area contributed by atoms with Gasteiger partial charge in [0.15, 0.2) is 23.3 Å². The molecule has 0 aliphatic carbocycles. The van der Waals surface area contributed by atoms with Gasteiger partial charge in [0.1, 0.15) is 5.56 Å². The quantitative estimate of drug-likeness (QED) is 0.309. The summed E-state index contributed by atoms with van der Waals surface area (Å²) in [5.74, 6) is -13.3. The summed E-state index contributed by atoms with van der Waals surface area (Å²) in [6, 6.07) is 0. The molecule has 1 rings (SSSR count). The summed E-state index contributed by atoms with van der Waals surface area (Å²) in [4.78, 5) is 21.9. The van der Waals surface area contributed by atoms with Gasteiger partial charge in [-0.05, 0) is 12.8 Å². The van der Waals surface area contributed by atoms with Gasteiger partial charge in [0.25, 0.3) is 5.91 Å². The van der Waals surface area contributed by atoms with Crippen LogP contribution >= 0.6 is 0 Å². The summed E-state index contributed by atoms with van der Waals surface area (Å²) in [6.45, 7) is -0.00272. The molecule has 0 saturated heterocycles. The molecule has 4 nitrogen and oxygen atoms in total. The fourth-order valence-corrected chi connectivity index (χ4v) is 2.03. The van der Waals surface area contributed by atoms with Gasteiger partial charge in [-0.3, -0.25) is 9.59 Å². The number of unbranched alkanes of at least 4 members (excludes halogenated alkanes) is 4. The van der Waals surface area contributed by atoms with Gasteiger partial charge in [0, 0.05) is 13.0 Å². The number of halogens is 5. The van der Waals surface area contributed by atoms with E-state index < -0.39 is 46.5 Å². The number of amides is 1. The number of carbonyl (C=O) groups is 2. The van der Waals surface area contributed by atoms with Crippen molar-refractivity contribution in [3.63, 3.8) is 0 Å². The zero-order valence-corrected chi connectivity index (χ0v) is 12.6. The van der Waals surface area contributed by atoms with Crippen LogP contribution in [0.3, 0.4) is 0 Å². The molecule has 0 atom stereocenters. The van der Waals surface area contributed by atoms with Gasteiger partial charge >= 0.3 is 5.97 Å². The van der Waals surface area contributed by atoms with Gasteiger partial charge in [0.2, 0.25) is 5.82 Å². The molecule has 1 aromatic rings. The second-order valence-corrected chi connectivity index (χ2v) is 5.11. The Morgan fingerprint density at radius 1 is 0.750 bits per heavy atom. The zero-order chi connectivity index (χ0) is 18.3. The SMILES string of the molecule is O=C(O)CCCCCCCNC(=O)c1c(F)c(F)c(F)c(F)c1F. The highest BCUT2D eigenvalue weighted by atomic mass is 19.2. The average molecular weight is 353 g/mol. The average Bonchev–Trinajstić information content (AvgIpc) is 2.53. The number of carbonyl (C=O) groups excluding carboxylic acids is 1. The van der Waals surface area contributed by atoms with Crippen molar-refractivity contribution in [2.75, 3.05) is 6.54 Å². The molecule has 0 aliphatic heterocycles. The first-order chi connectivity index (χ1) is 11.3. The molecule has 0 fully saturated rings. The Hall–Kier alpha value is -2.19. The molecule has 0 unspecified atom stereocenters. The van der Waals surface area contributed by atoms with Crippen molar-refractivity contribution >= 4 is 11.9 Å². The van der Waals surface area contributed by atoms with Crippen LogP contribution in [0, 0.1) is 29.1 Å². The van der Waals surface area contributed by atoms with Gasteiger partial charge in [-0.15, -0.1) is 0 Å². The van der Waals surface area contributed by atoms with Crippen LogP contribution in [0.4, 0.5) is 22.0 Å². The van der Waals surface area contributed by atoms with Crippen LogP contribution in [0.2, 0.25) is 0 Å². The van der Waals surface area contributed by atoms with E-state index in [0.717, 1.165) is 0 Å². The molecule has 0 spiro atoms. The number of carboxylic acids is 1. The van der Waals surface area contributed by atoms with Crippen LogP contribution in [0.25, 0.3) is 0 Å². The van der Waals surface area contributed by atoms with E-state index in [-0.39, 0.29) is 13.0 Å². The molecular formula is C15H16F5NO3. The largest absolute Gasteiger partial charge is 0.481 e. The maximum atomic E-state index is 13.4. The fraction of sp³-hybridized carbons (Fsp3) is 0.467. The summed E-state index contributed by atoms with van der Waals surface area (Å²) >= 11 is 0. The number of carboxylic acid groups (broad SMARTS) is 1. The number of nitrogens with one attached hydrogen (secondary N) is 1. The molecule has 2 N–H and O–H groups in total. The monoisotopic (exact) mass is 353 g/mol. The summed E-state index contributed by atoms with van der Waals surface area (Å²) in [6.07, 6.45) is 3.01.